The third kappa shape index (κ3) is 5.15. The van der Waals surface area contributed by atoms with Gasteiger partial charge in [0.25, 0.3) is 0 Å². The summed E-state index contributed by atoms with van der Waals surface area (Å²) in [6, 6.07) is 14.3. The molecule has 0 aliphatic carbocycles. The van der Waals surface area contributed by atoms with Crippen molar-refractivity contribution in [1.82, 2.24) is 15.5 Å². The van der Waals surface area contributed by atoms with E-state index < -0.39 is 0 Å². The molecule has 0 fully saturated rings. The Balaban J connectivity index is 1.63. The van der Waals surface area contributed by atoms with Gasteiger partial charge in [-0.25, -0.2) is 0 Å². The van der Waals surface area contributed by atoms with Crippen LogP contribution in [0.2, 0.25) is 0 Å². The Morgan fingerprint density at radius 1 is 0.963 bits per heavy atom. The Hall–Kier alpha value is -3.68. The molecule has 1 heterocycles. The molecule has 3 rings (SSSR count). The number of hydrogen-bond donors (Lipinski definition) is 2. The number of nitrogens with one attached hydrogen (secondary N) is 2. The molecule has 0 saturated carbocycles. The summed E-state index contributed by atoms with van der Waals surface area (Å²) < 4.78 is 10.9. The van der Waals surface area contributed by atoms with Crippen molar-refractivity contribution in [2.45, 2.75) is 20.4 Å². The summed E-state index contributed by atoms with van der Waals surface area (Å²) in [5, 5.41) is 9.20. The van der Waals surface area contributed by atoms with Crippen LogP contribution in [0, 0.1) is 0 Å². The molecule has 3 aromatic rings. The fraction of sp³-hybridized carbons (Fsp3) is 0.158. The minimum Gasteiger partial charge on any atom is -0.457 e. The van der Waals surface area contributed by atoms with Crippen LogP contribution in [0.5, 0.6) is 11.5 Å². The quantitative estimate of drug-likeness (QED) is 0.694. The van der Waals surface area contributed by atoms with Crippen molar-refractivity contribution in [1.29, 1.82) is 0 Å². The highest BCUT2D eigenvalue weighted by molar-refractivity contribution is 5.88. The first kappa shape index (κ1) is 18.1. The molecule has 0 aliphatic rings. The van der Waals surface area contributed by atoms with Crippen LogP contribution >= 0.6 is 0 Å². The number of nitrogens with zero attached hydrogens (tertiary/aromatic N) is 2. The van der Waals surface area contributed by atoms with E-state index in [9.17, 15) is 9.59 Å². The van der Waals surface area contributed by atoms with Crippen molar-refractivity contribution in [3.63, 3.8) is 0 Å². The van der Waals surface area contributed by atoms with Gasteiger partial charge in [0, 0.05) is 25.1 Å². The molecular formula is C19H18N4O4. The van der Waals surface area contributed by atoms with E-state index in [0.29, 0.717) is 28.9 Å². The summed E-state index contributed by atoms with van der Waals surface area (Å²) >= 11 is 0. The smallest absolute Gasteiger partial charge is 0.246 e. The summed E-state index contributed by atoms with van der Waals surface area (Å²) in [7, 11) is 0. The number of rotatable bonds is 6. The van der Waals surface area contributed by atoms with Gasteiger partial charge in [-0.1, -0.05) is 5.16 Å². The number of hydrogen-bond acceptors (Lipinski definition) is 6. The molecular weight excluding hydrogens is 348 g/mol. The van der Waals surface area contributed by atoms with E-state index in [1.165, 1.54) is 13.8 Å². The Morgan fingerprint density at radius 2 is 1.59 bits per heavy atom. The lowest BCUT2D eigenvalue weighted by molar-refractivity contribution is -0.119. The third-order valence-corrected chi connectivity index (χ3v) is 3.48. The van der Waals surface area contributed by atoms with E-state index in [1.807, 2.05) is 12.1 Å². The molecule has 27 heavy (non-hydrogen) atoms. The van der Waals surface area contributed by atoms with Gasteiger partial charge in [0.2, 0.25) is 23.5 Å². The molecule has 0 bridgehead atoms. The van der Waals surface area contributed by atoms with Crippen LogP contribution in [0.15, 0.2) is 53.1 Å². The highest BCUT2D eigenvalue weighted by Crippen LogP contribution is 2.25. The zero-order valence-corrected chi connectivity index (χ0v) is 14.9. The molecule has 8 nitrogen and oxygen atoms in total. The number of benzene rings is 2. The number of carbonyl (C=O) groups is 2. The Morgan fingerprint density at radius 3 is 2.19 bits per heavy atom. The standard InChI is InChI=1S/C19H18N4O4/c1-12(24)20-11-18-22-19(23-27-18)14-3-7-16(8-4-14)26-17-9-5-15(6-10-17)21-13(2)25/h3-10H,11H2,1-2H3,(H,20,24)(H,21,25). The highest BCUT2D eigenvalue weighted by atomic mass is 16.5. The second kappa shape index (κ2) is 8.13. The SMILES string of the molecule is CC(=O)NCc1nc(-c2ccc(Oc3ccc(NC(C)=O)cc3)cc2)no1. The fourth-order valence-electron chi connectivity index (χ4n) is 2.26. The maximum absolute atomic E-state index is 11.0. The molecule has 138 valence electrons. The lowest BCUT2D eigenvalue weighted by Crippen LogP contribution is -2.18. The average molecular weight is 366 g/mol. The van der Waals surface area contributed by atoms with E-state index in [-0.39, 0.29) is 18.4 Å². The van der Waals surface area contributed by atoms with Gasteiger partial charge in [-0.2, -0.15) is 4.98 Å². The van der Waals surface area contributed by atoms with Crippen LogP contribution in [0.1, 0.15) is 19.7 Å². The minimum absolute atomic E-state index is 0.124. The summed E-state index contributed by atoms with van der Waals surface area (Å²) in [5.74, 6) is 1.77. The summed E-state index contributed by atoms with van der Waals surface area (Å²) in [5.41, 5.74) is 1.47. The predicted molar refractivity (Wildman–Crippen MR) is 98.1 cm³/mol. The number of anilines is 1. The van der Waals surface area contributed by atoms with E-state index >= 15 is 0 Å². The number of ether oxygens (including phenoxy) is 1. The number of aromatic nitrogens is 2. The van der Waals surface area contributed by atoms with Crippen LogP contribution in [0.4, 0.5) is 5.69 Å². The summed E-state index contributed by atoms with van der Waals surface area (Å²) in [4.78, 5) is 26.2. The Labute approximate surface area is 155 Å². The van der Waals surface area contributed by atoms with Crippen molar-refractivity contribution in [3.05, 3.63) is 54.4 Å². The average Bonchev–Trinajstić information content (AvgIpc) is 3.11. The van der Waals surface area contributed by atoms with Gasteiger partial charge in [0.05, 0.1) is 6.54 Å². The molecule has 0 radical (unpaired) electrons. The lowest BCUT2D eigenvalue weighted by atomic mass is 10.2. The Kier molecular flexibility index (Phi) is 5.46. The summed E-state index contributed by atoms with van der Waals surface area (Å²) in [6.07, 6.45) is 0. The number of carbonyl (C=O) groups excluding carboxylic acids is 2. The van der Waals surface area contributed by atoms with Crippen molar-refractivity contribution in [2.24, 2.45) is 0 Å². The monoisotopic (exact) mass is 366 g/mol. The van der Waals surface area contributed by atoms with Crippen LogP contribution in [-0.4, -0.2) is 22.0 Å². The van der Waals surface area contributed by atoms with Gasteiger partial charge in [0.1, 0.15) is 11.5 Å². The topological polar surface area (TPSA) is 106 Å². The second-order valence-corrected chi connectivity index (χ2v) is 5.75. The summed E-state index contributed by atoms with van der Waals surface area (Å²) in [6.45, 7) is 3.07. The second-order valence-electron chi connectivity index (χ2n) is 5.75. The van der Waals surface area contributed by atoms with Crippen molar-refractivity contribution in [2.75, 3.05) is 5.32 Å². The first-order valence-corrected chi connectivity index (χ1v) is 8.22. The van der Waals surface area contributed by atoms with Gasteiger partial charge in [-0.3, -0.25) is 9.59 Å². The Bertz CT molecular complexity index is 933. The molecule has 8 heteroatoms. The molecule has 0 spiro atoms. The number of amides is 2. The fourth-order valence-corrected chi connectivity index (χ4v) is 2.26. The third-order valence-electron chi connectivity index (χ3n) is 3.48. The maximum Gasteiger partial charge on any atom is 0.246 e. The highest BCUT2D eigenvalue weighted by Gasteiger charge is 2.09. The van der Waals surface area contributed by atoms with Crippen LogP contribution in [0.25, 0.3) is 11.4 Å². The minimum atomic E-state index is -0.165. The van der Waals surface area contributed by atoms with Gasteiger partial charge in [-0.15, -0.1) is 0 Å². The van der Waals surface area contributed by atoms with Gasteiger partial charge < -0.3 is 19.9 Å². The van der Waals surface area contributed by atoms with Crippen LogP contribution in [0.3, 0.4) is 0 Å². The lowest BCUT2D eigenvalue weighted by Gasteiger charge is -2.07. The molecule has 2 N–H and O–H groups in total. The first-order chi connectivity index (χ1) is 13.0. The van der Waals surface area contributed by atoms with Crippen molar-refractivity contribution >= 4 is 17.5 Å². The van der Waals surface area contributed by atoms with Crippen LogP contribution < -0.4 is 15.4 Å². The van der Waals surface area contributed by atoms with Gasteiger partial charge in [-0.05, 0) is 48.5 Å². The van der Waals surface area contributed by atoms with Gasteiger partial charge in [0.15, 0.2) is 0 Å². The largest absolute Gasteiger partial charge is 0.457 e. The van der Waals surface area contributed by atoms with E-state index in [4.69, 9.17) is 9.26 Å². The van der Waals surface area contributed by atoms with E-state index in [2.05, 4.69) is 20.8 Å². The van der Waals surface area contributed by atoms with Crippen LogP contribution in [-0.2, 0) is 16.1 Å². The molecule has 0 atom stereocenters. The zero-order chi connectivity index (χ0) is 19.2. The molecule has 0 saturated heterocycles. The van der Waals surface area contributed by atoms with Crippen molar-refractivity contribution < 1.29 is 18.8 Å². The first-order valence-electron chi connectivity index (χ1n) is 8.22. The normalized spacial score (nSPS) is 10.3. The van der Waals surface area contributed by atoms with Gasteiger partial charge >= 0.3 is 0 Å². The molecule has 1 aromatic heterocycles. The molecule has 2 amide bonds. The van der Waals surface area contributed by atoms with E-state index in [0.717, 1.165) is 5.56 Å². The van der Waals surface area contributed by atoms with E-state index in [1.54, 1.807) is 36.4 Å². The molecule has 0 aliphatic heterocycles. The predicted octanol–water partition coefficient (Wildman–Crippen LogP) is 3.12. The molecule has 2 aromatic carbocycles. The van der Waals surface area contributed by atoms with Crippen molar-refractivity contribution in [3.8, 4) is 22.9 Å². The zero-order valence-electron chi connectivity index (χ0n) is 14.9. The maximum atomic E-state index is 11.0. The molecule has 0 unspecified atom stereocenters.